The van der Waals surface area contributed by atoms with Crippen LogP contribution in [0.5, 0.6) is 0 Å². The van der Waals surface area contributed by atoms with E-state index in [9.17, 15) is 9.59 Å². The average molecular weight is 567 g/mol. The fourth-order valence-electron chi connectivity index (χ4n) is 4.52. The van der Waals surface area contributed by atoms with Crippen LogP contribution in [-0.2, 0) is 24.3 Å². The molecule has 4 aromatic rings. The summed E-state index contributed by atoms with van der Waals surface area (Å²) >= 11 is 0. The number of nitrogens with two attached hydrogens (primary N) is 2. The zero-order valence-electron chi connectivity index (χ0n) is 24.0. The number of amidine groups is 1. The van der Waals surface area contributed by atoms with E-state index in [1.54, 1.807) is 36.5 Å². The highest BCUT2D eigenvalue weighted by Gasteiger charge is 2.16. The summed E-state index contributed by atoms with van der Waals surface area (Å²) in [5, 5.41) is 16.9. The third-order valence-corrected chi connectivity index (χ3v) is 6.60. The summed E-state index contributed by atoms with van der Waals surface area (Å²) in [6.45, 7) is 4.63. The largest absolute Gasteiger partial charge is 0.399 e. The Bertz CT molecular complexity index is 1580. The molecular weight excluding hydrogens is 528 g/mol. The third-order valence-electron chi connectivity index (χ3n) is 6.60. The number of carbonyl (C=O) groups is 1. The van der Waals surface area contributed by atoms with Gasteiger partial charge in [0.15, 0.2) is 5.82 Å². The number of carbonyl (C=O) groups excluding carboxylic acids is 1. The van der Waals surface area contributed by atoms with Gasteiger partial charge in [0.25, 0.3) is 5.56 Å². The molecule has 8 N–H and O–H groups in total. The fourth-order valence-corrected chi connectivity index (χ4v) is 4.52. The van der Waals surface area contributed by atoms with Crippen molar-refractivity contribution in [3.8, 4) is 11.3 Å². The van der Waals surface area contributed by atoms with Crippen LogP contribution < -0.4 is 33.0 Å². The van der Waals surface area contributed by atoms with Gasteiger partial charge in [-0.3, -0.25) is 19.6 Å². The SMILES string of the molecule is CC(C)Nc1ncc(-c2cc(N)cc(NCCCc3ccccc3)c2)n(CC(=O)NCc2ccc(C(=N)N)cc2)c1=O. The zero-order chi connectivity index (χ0) is 30.1. The Morgan fingerprint density at radius 1 is 1.02 bits per heavy atom. The summed E-state index contributed by atoms with van der Waals surface area (Å²) in [6.07, 6.45) is 3.48. The van der Waals surface area contributed by atoms with Gasteiger partial charge in [0, 0.05) is 41.6 Å². The van der Waals surface area contributed by atoms with Gasteiger partial charge in [-0.1, -0.05) is 54.6 Å². The number of aromatic nitrogens is 2. The maximum absolute atomic E-state index is 13.5. The van der Waals surface area contributed by atoms with Crippen LogP contribution >= 0.6 is 0 Å². The maximum atomic E-state index is 13.5. The van der Waals surface area contributed by atoms with Gasteiger partial charge in [0.05, 0.1) is 11.9 Å². The Morgan fingerprint density at radius 2 is 1.76 bits per heavy atom. The van der Waals surface area contributed by atoms with Crippen molar-refractivity contribution >= 4 is 28.9 Å². The number of anilines is 3. The molecule has 0 spiro atoms. The van der Waals surface area contributed by atoms with Crippen molar-refractivity contribution < 1.29 is 4.79 Å². The van der Waals surface area contributed by atoms with Gasteiger partial charge in [0.1, 0.15) is 12.4 Å². The fraction of sp³-hybridized carbons (Fsp3) is 0.250. The van der Waals surface area contributed by atoms with E-state index in [0.29, 0.717) is 22.5 Å². The lowest BCUT2D eigenvalue weighted by Crippen LogP contribution is -2.35. The minimum atomic E-state index is -0.401. The first-order valence-electron chi connectivity index (χ1n) is 13.9. The minimum absolute atomic E-state index is 0.0182. The van der Waals surface area contributed by atoms with E-state index in [2.05, 4.69) is 33.1 Å². The van der Waals surface area contributed by atoms with Crippen molar-refractivity contribution in [1.82, 2.24) is 14.9 Å². The molecule has 0 radical (unpaired) electrons. The van der Waals surface area contributed by atoms with Crippen molar-refractivity contribution in [1.29, 1.82) is 5.41 Å². The lowest BCUT2D eigenvalue weighted by molar-refractivity contribution is -0.121. The molecule has 1 heterocycles. The van der Waals surface area contributed by atoms with Crippen LogP contribution in [-0.4, -0.2) is 33.9 Å². The summed E-state index contributed by atoms with van der Waals surface area (Å²) in [5.41, 5.74) is 16.6. The van der Waals surface area contributed by atoms with E-state index in [-0.39, 0.29) is 36.7 Å². The predicted octanol–water partition coefficient (Wildman–Crippen LogP) is 3.96. The molecule has 42 heavy (non-hydrogen) atoms. The number of nitrogens with zero attached hydrogens (tertiary/aromatic N) is 2. The molecule has 0 aliphatic rings. The second-order valence-corrected chi connectivity index (χ2v) is 10.4. The molecule has 4 rings (SSSR count). The van der Waals surface area contributed by atoms with Gasteiger partial charge >= 0.3 is 0 Å². The van der Waals surface area contributed by atoms with Gasteiger partial charge in [-0.05, 0) is 56.0 Å². The number of amides is 1. The molecule has 1 amide bonds. The van der Waals surface area contributed by atoms with Crippen LogP contribution in [0.1, 0.15) is 37.0 Å². The smallest absolute Gasteiger partial charge is 0.294 e. The van der Waals surface area contributed by atoms with Crippen molar-refractivity contribution in [2.45, 2.75) is 45.8 Å². The Hall–Kier alpha value is -5.12. The quantitative estimate of drug-likeness (QED) is 0.0617. The number of benzene rings is 3. The Morgan fingerprint density at radius 3 is 2.45 bits per heavy atom. The summed E-state index contributed by atoms with van der Waals surface area (Å²) in [5.74, 6) is -0.184. The molecule has 0 aliphatic heterocycles. The molecule has 0 saturated carbocycles. The van der Waals surface area contributed by atoms with Crippen LogP contribution in [0.15, 0.2) is 83.8 Å². The summed E-state index contributed by atoms with van der Waals surface area (Å²) in [6, 6.07) is 22.9. The number of nitrogens with one attached hydrogen (secondary N) is 4. The zero-order valence-corrected chi connectivity index (χ0v) is 24.0. The lowest BCUT2D eigenvalue weighted by Gasteiger charge is -2.17. The molecule has 0 atom stereocenters. The van der Waals surface area contributed by atoms with Gasteiger partial charge in [-0.15, -0.1) is 0 Å². The first-order valence-corrected chi connectivity index (χ1v) is 13.9. The molecule has 0 saturated heterocycles. The average Bonchev–Trinajstić information content (AvgIpc) is 2.96. The van der Waals surface area contributed by atoms with Crippen molar-refractivity contribution in [3.63, 3.8) is 0 Å². The van der Waals surface area contributed by atoms with Crippen LogP contribution in [0, 0.1) is 5.41 Å². The molecule has 218 valence electrons. The molecule has 0 bridgehead atoms. The number of aryl methyl sites for hydroxylation is 1. The van der Waals surface area contributed by atoms with Crippen LogP contribution in [0.3, 0.4) is 0 Å². The molecule has 3 aromatic carbocycles. The predicted molar refractivity (Wildman–Crippen MR) is 170 cm³/mol. The topological polar surface area (TPSA) is 164 Å². The van der Waals surface area contributed by atoms with E-state index in [1.807, 2.05) is 44.2 Å². The number of rotatable bonds is 13. The highest BCUT2D eigenvalue weighted by Crippen LogP contribution is 2.26. The molecule has 0 aliphatic carbocycles. The molecule has 0 fully saturated rings. The molecule has 0 unspecified atom stereocenters. The van der Waals surface area contributed by atoms with Crippen LogP contribution in [0.4, 0.5) is 17.2 Å². The van der Waals surface area contributed by atoms with Crippen molar-refractivity contribution in [2.24, 2.45) is 5.73 Å². The minimum Gasteiger partial charge on any atom is -0.399 e. The first kappa shape index (κ1) is 29.9. The van der Waals surface area contributed by atoms with E-state index < -0.39 is 5.56 Å². The molecule has 10 nitrogen and oxygen atoms in total. The highest BCUT2D eigenvalue weighted by atomic mass is 16.2. The van der Waals surface area contributed by atoms with Crippen LogP contribution in [0.25, 0.3) is 11.3 Å². The van der Waals surface area contributed by atoms with Crippen molar-refractivity contribution in [3.05, 3.63) is 106 Å². The monoisotopic (exact) mass is 566 g/mol. The number of hydrogen-bond acceptors (Lipinski definition) is 7. The van der Waals surface area contributed by atoms with E-state index in [1.165, 1.54) is 10.1 Å². The molecular formula is C32H38N8O2. The van der Waals surface area contributed by atoms with Gasteiger partial charge in [-0.2, -0.15) is 0 Å². The highest BCUT2D eigenvalue weighted by molar-refractivity contribution is 5.94. The van der Waals surface area contributed by atoms with Crippen LogP contribution in [0.2, 0.25) is 0 Å². The summed E-state index contributed by atoms with van der Waals surface area (Å²) in [4.78, 5) is 30.9. The Labute approximate surface area is 245 Å². The standard InChI is InChI=1S/C32H38N8O2/c1-21(2)39-31-32(42)40(20-29(41)37-18-23-10-12-24(13-11-23)30(34)35)28(19-38-31)25-15-26(33)17-27(16-25)36-14-6-9-22-7-4-3-5-8-22/h3-5,7-8,10-13,15-17,19,21,36H,6,9,14,18,20,33H2,1-2H3,(H3,34,35)(H,37,41)(H,38,39). The summed E-state index contributed by atoms with van der Waals surface area (Å²) < 4.78 is 1.42. The Balaban J connectivity index is 1.53. The van der Waals surface area contributed by atoms with E-state index >= 15 is 0 Å². The second kappa shape index (κ2) is 14.0. The van der Waals surface area contributed by atoms with Crippen molar-refractivity contribution in [2.75, 3.05) is 22.9 Å². The second-order valence-electron chi connectivity index (χ2n) is 10.4. The number of nitrogen functional groups attached to an aromatic ring is 2. The maximum Gasteiger partial charge on any atom is 0.294 e. The van der Waals surface area contributed by atoms with E-state index in [0.717, 1.165) is 30.6 Å². The normalized spacial score (nSPS) is 10.8. The lowest BCUT2D eigenvalue weighted by atomic mass is 10.1. The summed E-state index contributed by atoms with van der Waals surface area (Å²) in [7, 11) is 0. The Kier molecular flexibility index (Phi) is 9.94. The third kappa shape index (κ3) is 8.20. The van der Waals surface area contributed by atoms with Gasteiger partial charge < -0.3 is 27.4 Å². The van der Waals surface area contributed by atoms with Gasteiger partial charge in [0.2, 0.25) is 5.91 Å². The molecule has 1 aromatic heterocycles. The molecule has 10 heteroatoms. The van der Waals surface area contributed by atoms with Gasteiger partial charge in [-0.25, -0.2) is 4.98 Å². The first-order chi connectivity index (χ1) is 20.2. The number of hydrogen-bond donors (Lipinski definition) is 6. The van der Waals surface area contributed by atoms with E-state index in [4.69, 9.17) is 16.9 Å².